The van der Waals surface area contributed by atoms with Gasteiger partial charge >= 0.3 is 0 Å². The number of halogens is 1. The van der Waals surface area contributed by atoms with Crippen LogP contribution in [0.15, 0.2) is 36.7 Å². The van der Waals surface area contributed by atoms with Crippen LogP contribution in [0, 0.1) is 3.57 Å². The summed E-state index contributed by atoms with van der Waals surface area (Å²) < 4.78 is 6.81. The number of benzene rings is 1. The summed E-state index contributed by atoms with van der Waals surface area (Å²) in [4.78, 5) is 8.32. The number of para-hydroxylation sites is 1. The van der Waals surface area contributed by atoms with Crippen molar-refractivity contribution < 1.29 is 4.74 Å². The van der Waals surface area contributed by atoms with E-state index in [0.29, 0.717) is 5.88 Å². The van der Waals surface area contributed by atoms with Gasteiger partial charge in [-0.1, -0.05) is 25.5 Å². The highest BCUT2D eigenvalue weighted by atomic mass is 127. The Balaban J connectivity index is 2.18. The third kappa shape index (κ3) is 3.39. The molecule has 0 aliphatic heterocycles. The van der Waals surface area contributed by atoms with Gasteiger partial charge in [-0.25, -0.2) is 9.97 Å². The molecule has 4 heteroatoms. The summed E-state index contributed by atoms with van der Waals surface area (Å²) in [6.45, 7) is 2.13. The van der Waals surface area contributed by atoms with Crippen LogP contribution in [0.2, 0.25) is 0 Å². The zero-order chi connectivity index (χ0) is 12.1. The van der Waals surface area contributed by atoms with Crippen LogP contribution in [0.4, 0.5) is 0 Å². The van der Waals surface area contributed by atoms with Crippen LogP contribution in [0.1, 0.15) is 19.0 Å². The normalized spacial score (nSPS) is 10.2. The van der Waals surface area contributed by atoms with Gasteiger partial charge in [0.1, 0.15) is 12.1 Å². The molecular weight excluding hydrogens is 327 g/mol. The Morgan fingerprint density at radius 2 is 2.06 bits per heavy atom. The average Bonchev–Trinajstić information content (AvgIpc) is 2.33. The molecule has 0 fully saturated rings. The average molecular weight is 340 g/mol. The second kappa shape index (κ2) is 5.95. The molecule has 88 valence electrons. The molecular formula is C13H13IN2O. The van der Waals surface area contributed by atoms with E-state index >= 15 is 0 Å². The van der Waals surface area contributed by atoms with Crippen LogP contribution in [-0.2, 0) is 6.42 Å². The number of nitrogens with zero attached hydrogens (tertiary/aromatic N) is 2. The fourth-order valence-corrected chi connectivity index (χ4v) is 1.96. The number of aromatic nitrogens is 2. The van der Waals surface area contributed by atoms with Crippen molar-refractivity contribution in [1.29, 1.82) is 0 Å². The van der Waals surface area contributed by atoms with Gasteiger partial charge in [-0.2, -0.15) is 0 Å². The first-order valence-corrected chi connectivity index (χ1v) is 6.60. The largest absolute Gasteiger partial charge is 0.438 e. The van der Waals surface area contributed by atoms with Crippen molar-refractivity contribution in [3.05, 3.63) is 45.9 Å². The lowest BCUT2D eigenvalue weighted by Gasteiger charge is -2.07. The number of rotatable bonds is 4. The number of hydrogen-bond acceptors (Lipinski definition) is 3. The predicted molar refractivity (Wildman–Crippen MR) is 75.3 cm³/mol. The molecule has 0 saturated heterocycles. The molecule has 0 N–H and O–H groups in total. The lowest BCUT2D eigenvalue weighted by Crippen LogP contribution is -1.94. The van der Waals surface area contributed by atoms with E-state index in [1.54, 1.807) is 6.33 Å². The first kappa shape index (κ1) is 12.3. The van der Waals surface area contributed by atoms with E-state index in [1.807, 2.05) is 30.3 Å². The summed E-state index contributed by atoms with van der Waals surface area (Å²) in [6, 6.07) is 9.77. The summed E-state index contributed by atoms with van der Waals surface area (Å²) >= 11 is 2.24. The molecule has 0 radical (unpaired) electrons. The van der Waals surface area contributed by atoms with Gasteiger partial charge in [0.25, 0.3) is 0 Å². The third-order valence-corrected chi connectivity index (χ3v) is 3.15. The van der Waals surface area contributed by atoms with E-state index in [4.69, 9.17) is 4.74 Å². The van der Waals surface area contributed by atoms with Gasteiger partial charge in [-0.05, 0) is 41.1 Å². The van der Waals surface area contributed by atoms with Gasteiger partial charge in [0.15, 0.2) is 0 Å². The molecule has 1 heterocycles. The molecule has 1 aromatic heterocycles. The number of aryl methyl sites for hydroxylation is 1. The maximum atomic E-state index is 5.74. The summed E-state index contributed by atoms with van der Waals surface area (Å²) in [5.41, 5.74) is 1.02. The van der Waals surface area contributed by atoms with Gasteiger partial charge < -0.3 is 4.74 Å². The smallest absolute Gasteiger partial charge is 0.222 e. The molecule has 17 heavy (non-hydrogen) atoms. The van der Waals surface area contributed by atoms with Gasteiger partial charge in [0.05, 0.1) is 3.57 Å². The molecule has 0 unspecified atom stereocenters. The Morgan fingerprint density at radius 1 is 1.24 bits per heavy atom. The molecule has 0 atom stereocenters. The quantitative estimate of drug-likeness (QED) is 0.794. The number of hydrogen-bond donors (Lipinski definition) is 0. The first-order valence-electron chi connectivity index (χ1n) is 5.53. The minimum Gasteiger partial charge on any atom is -0.438 e. The fraction of sp³-hybridized carbons (Fsp3) is 0.231. The van der Waals surface area contributed by atoms with Gasteiger partial charge in [0.2, 0.25) is 5.88 Å². The minimum atomic E-state index is 0.604. The summed E-state index contributed by atoms with van der Waals surface area (Å²) in [7, 11) is 0. The zero-order valence-electron chi connectivity index (χ0n) is 9.56. The van der Waals surface area contributed by atoms with E-state index < -0.39 is 0 Å². The second-order valence-corrected chi connectivity index (χ2v) is 4.79. The molecule has 0 aliphatic carbocycles. The summed E-state index contributed by atoms with van der Waals surface area (Å²) in [6.07, 6.45) is 3.57. The molecule has 3 nitrogen and oxygen atoms in total. The van der Waals surface area contributed by atoms with Gasteiger partial charge in [-0.3, -0.25) is 0 Å². The SMILES string of the molecule is CCCc1cc(Oc2ccccc2I)ncn1. The van der Waals surface area contributed by atoms with Crippen molar-refractivity contribution >= 4 is 22.6 Å². The van der Waals surface area contributed by atoms with Gasteiger partial charge in [0, 0.05) is 11.8 Å². The van der Waals surface area contributed by atoms with Crippen molar-refractivity contribution in [2.75, 3.05) is 0 Å². The van der Waals surface area contributed by atoms with Crippen molar-refractivity contribution in [3.63, 3.8) is 0 Å². The van der Waals surface area contributed by atoms with Crippen molar-refractivity contribution in [2.24, 2.45) is 0 Å². The molecule has 2 rings (SSSR count). The molecule has 2 aromatic rings. The van der Waals surface area contributed by atoms with Crippen LogP contribution in [0.5, 0.6) is 11.6 Å². The first-order chi connectivity index (χ1) is 8.29. The second-order valence-electron chi connectivity index (χ2n) is 3.63. The zero-order valence-corrected chi connectivity index (χ0v) is 11.7. The topological polar surface area (TPSA) is 35.0 Å². The molecule has 0 aliphatic rings. The summed E-state index contributed by atoms with van der Waals surface area (Å²) in [5.74, 6) is 1.43. The predicted octanol–water partition coefficient (Wildman–Crippen LogP) is 3.83. The fourth-order valence-electron chi connectivity index (χ4n) is 1.47. The Hall–Kier alpha value is -1.17. The van der Waals surface area contributed by atoms with E-state index in [0.717, 1.165) is 27.9 Å². The molecule has 0 bridgehead atoms. The van der Waals surface area contributed by atoms with Crippen LogP contribution < -0.4 is 4.74 Å². The monoisotopic (exact) mass is 340 g/mol. The number of ether oxygens (including phenoxy) is 1. The van der Waals surface area contributed by atoms with Crippen LogP contribution in [0.25, 0.3) is 0 Å². The summed E-state index contributed by atoms with van der Waals surface area (Å²) in [5, 5.41) is 0. The highest BCUT2D eigenvalue weighted by molar-refractivity contribution is 14.1. The lowest BCUT2D eigenvalue weighted by molar-refractivity contribution is 0.457. The lowest BCUT2D eigenvalue weighted by atomic mass is 10.2. The Labute approximate surface area is 114 Å². The Morgan fingerprint density at radius 3 is 2.82 bits per heavy atom. The molecule has 0 amide bonds. The van der Waals surface area contributed by atoms with Crippen molar-refractivity contribution in [2.45, 2.75) is 19.8 Å². The third-order valence-electron chi connectivity index (χ3n) is 2.26. The minimum absolute atomic E-state index is 0.604. The molecule has 1 aromatic carbocycles. The van der Waals surface area contributed by atoms with E-state index in [-0.39, 0.29) is 0 Å². The highest BCUT2D eigenvalue weighted by Crippen LogP contribution is 2.25. The van der Waals surface area contributed by atoms with E-state index in [2.05, 4.69) is 39.5 Å². The van der Waals surface area contributed by atoms with E-state index in [9.17, 15) is 0 Å². The van der Waals surface area contributed by atoms with Crippen LogP contribution in [-0.4, -0.2) is 9.97 Å². The van der Waals surface area contributed by atoms with Crippen molar-refractivity contribution in [1.82, 2.24) is 9.97 Å². The highest BCUT2D eigenvalue weighted by Gasteiger charge is 2.03. The standard InChI is InChI=1S/C13H13IN2O/c1-2-5-10-8-13(16-9-15-10)17-12-7-4-3-6-11(12)14/h3-4,6-9H,2,5H2,1H3. The molecule has 0 saturated carbocycles. The maximum Gasteiger partial charge on any atom is 0.222 e. The van der Waals surface area contributed by atoms with Gasteiger partial charge in [-0.15, -0.1) is 0 Å². The van der Waals surface area contributed by atoms with Crippen LogP contribution in [0.3, 0.4) is 0 Å². The van der Waals surface area contributed by atoms with E-state index in [1.165, 1.54) is 0 Å². The van der Waals surface area contributed by atoms with Crippen molar-refractivity contribution in [3.8, 4) is 11.6 Å². The molecule has 0 spiro atoms. The van der Waals surface area contributed by atoms with Crippen LogP contribution >= 0.6 is 22.6 Å². The maximum absolute atomic E-state index is 5.74. The Kier molecular flexibility index (Phi) is 4.30. The Bertz CT molecular complexity index is 502.